The minimum Gasteiger partial charge on any atom is -0.497 e. The highest BCUT2D eigenvalue weighted by Gasteiger charge is 2.28. The number of methoxy groups -OCH3 is 1. The Morgan fingerprint density at radius 2 is 1.97 bits per heavy atom. The number of aromatic nitrogens is 4. The highest BCUT2D eigenvalue weighted by atomic mass is 32.2. The number of piperidine rings is 1. The summed E-state index contributed by atoms with van der Waals surface area (Å²) in [4.78, 5) is 12.4. The molecule has 2 aromatic heterocycles. The van der Waals surface area contributed by atoms with Gasteiger partial charge in [-0.3, -0.25) is 4.79 Å². The van der Waals surface area contributed by atoms with E-state index in [0.717, 1.165) is 5.56 Å². The predicted molar refractivity (Wildman–Crippen MR) is 120 cm³/mol. The summed E-state index contributed by atoms with van der Waals surface area (Å²) in [5, 5.41) is 15.7. The van der Waals surface area contributed by atoms with E-state index in [0.29, 0.717) is 55.6 Å². The Kier molecular flexibility index (Phi) is 6.75. The van der Waals surface area contributed by atoms with Gasteiger partial charge in [0.25, 0.3) is 0 Å². The van der Waals surface area contributed by atoms with Crippen LogP contribution in [0.2, 0.25) is 0 Å². The van der Waals surface area contributed by atoms with Crippen LogP contribution in [0.5, 0.6) is 11.6 Å². The Balaban J connectivity index is 1.31. The molecule has 0 radical (unpaired) electrons. The minimum absolute atomic E-state index is 0.0886. The molecule has 1 aromatic carbocycles. The molecule has 12 heteroatoms. The van der Waals surface area contributed by atoms with Gasteiger partial charge in [-0.15, -0.1) is 15.3 Å². The van der Waals surface area contributed by atoms with Crippen molar-refractivity contribution in [1.29, 1.82) is 0 Å². The number of rotatable bonds is 8. The fourth-order valence-electron chi connectivity index (χ4n) is 3.72. The number of carbonyl (C=O) groups excluding carboxylic acids is 1. The first kappa shape index (κ1) is 22.9. The molecule has 176 valence electrons. The first-order valence-electron chi connectivity index (χ1n) is 10.6. The van der Waals surface area contributed by atoms with Crippen molar-refractivity contribution in [2.24, 2.45) is 5.92 Å². The maximum absolute atomic E-state index is 12.4. The monoisotopic (exact) mass is 474 g/mol. The van der Waals surface area contributed by atoms with E-state index in [2.05, 4.69) is 20.6 Å². The summed E-state index contributed by atoms with van der Waals surface area (Å²) >= 11 is 0. The van der Waals surface area contributed by atoms with Crippen LogP contribution in [0.3, 0.4) is 0 Å². The van der Waals surface area contributed by atoms with Crippen LogP contribution in [0, 0.1) is 5.92 Å². The van der Waals surface area contributed by atoms with E-state index in [9.17, 15) is 13.2 Å². The molecule has 0 spiro atoms. The second kappa shape index (κ2) is 9.71. The Bertz CT molecular complexity index is 1240. The molecule has 0 atom stereocenters. The Labute approximate surface area is 191 Å². The highest BCUT2D eigenvalue weighted by molar-refractivity contribution is 7.88. The lowest BCUT2D eigenvalue weighted by atomic mass is 9.97. The summed E-state index contributed by atoms with van der Waals surface area (Å²) in [6, 6.07) is 10.9. The summed E-state index contributed by atoms with van der Waals surface area (Å²) in [6.07, 6.45) is 2.22. The molecule has 1 fully saturated rings. The van der Waals surface area contributed by atoms with Gasteiger partial charge >= 0.3 is 0 Å². The van der Waals surface area contributed by atoms with Crippen molar-refractivity contribution in [3.8, 4) is 23.0 Å². The number of fused-ring (bicyclic) bond motifs is 1. The number of carbonyl (C=O) groups is 1. The van der Waals surface area contributed by atoms with Crippen LogP contribution in [-0.2, 0) is 14.8 Å². The number of sulfonamides is 1. The molecule has 3 aromatic rings. The van der Waals surface area contributed by atoms with Crippen LogP contribution >= 0.6 is 0 Å². The summed E-state index contributed by atoms with van der Waals surface area (Å²) in [6.45, 7) is 1.29. The van der Waals surface area contributed by atoms with Crippen molar-refractivity contribution in [2.75, 3.05) is 39.6 Å². The highest BCUT2D eigenvalue weighted by Crippen LogP contribution is 2.23. The van der Waals surface area contributed by atoms with Gasteiger partial charge in [0.2, 0.25) is 21.8 Å². The fourth-order valence-corrected chi connectivity index (χ4v) is 4.59. The first-order chi connectivity index (χ1) is 15.8. The summed E-state index contributed by atoms with van der Waals surface area (Å²) < 4.78 is 37.2. The molecular weight excluding hydrogens is 448 g/mol. The maximum Gasteiger partial charge on any atom is 0.231 e. The van der Waals surface area contributed by atoms with Gasteiger partial charge in [-0.2, -0.15) is 4.52 Å². The summed E-state index contributed by atoms with van der Waals surface area (Å²) in [5.74, 6) is 1.36. The summed E-state index contributed by atoms with van der Waals surface area (Å²) in [7, 11) is -1.61. The van der Waals surface area contributed by atoms with Crippen molar-refractivity contribution < 1.29 is 22.7 Å². The van der Waals surface area contributed by atoms with Gasteiger partial charge in [0.05, 0.1) is 19.9 Å². The third kappa shape index (κ3) is 5.40. The normalized spacial score (nSPS) is 15.5. The third-order valence-electron chi connectivity index (χ3n) is 5.51. The molecule has 1 aliphatic heterocycles. The Hall–Kier alpha value is -3.25. The molecule has 0 saturated carbocycles. The molecule has 33 heavy (non-hydrogen) atoms. The molecule has 1 saturated heterocycles. The number of nitrogens with zero attached hydrogens (tertiary/aromatic N) is 5. The Morgan fingerprint density at radius 3 is 2.70 bits per heavy atom. The smallest absolute Gasteiger partial charge is 0.231 e. The van der Waals surface area contributed by atoms with Gasteiger partial charge in [-0.1, -0.05) is 12.1 Å². The molecule has 0 aliphatic carbocycles. The number of hydrogen-bond donors (Lipinski definition) is 1. The van der Waals surface area contributed by atoms with Crippen molar-refractivity contribution in [3.05, 3.63) is 36.4 Å². The van der Waals surface area contributed by atoms with Gasteiger partial charge in [0.1, 0.15) is 12.4 Å². The van der Waals surface area contributed by atoms with Crippen molar-refractivity contribution in [2.45, 2.75) is 12.8 Å². The standard InChI is InChI=1S/C21H26N6O5S/c1-31-17-5-3-4-16(14-17)20-24-23-18-6-7-19(25-27(18)20)32-13-10-22-21(28)15-8-11-26(12-9-15)33(2,29)30/h3-7,14-15H,8-13H2,1-2H3,(H,22,28). The second-order valence-corrected chi connectivity index (χ2v) is 9.76. The van der Waals surface area contributed by atoms with Gasteiger partial charge in [0.15, 0.2) is 11.5 Å². The molecule has 1 amide bonds. The molecular formula is C21H26N6O5S. The Morgan fingerprint density at radius 1 is 1.18 bits per heavy atom. The topological polar surface area (TPSA) is 128 Å². The van der Waals surface area contributed by atoms with E-state index >= 15 is 0 Å². The molecule has 3 heterocycles. The van der Waals surface area contributed by atoms with Gasteiger partial charge in [0, 0.05) is 30.6 Å². The molecule has 0 bridgehead atoms. The van der Waals surface area contributed by atoms with Crippen LogP contribution in [0.25, 0.3) is 17.0 Å². The molecule has 1 N–H and O–H groups in total. The van der Waals surface area contributed by atoms with E-state index in [1.54, 1.807) is 23.8 Å². The van der Waals surface area contributed by atoms with E-state index < -0.39 is 10.0 Å². The van der Waals surface area contributed by atoms with Crippen molar-refractivity contribution in [1.82, 2.24) is 29.4 Å². The second-order valence-electron chi connectivity index (χ2n) is 7.77. The van der Waals surface area contributed by atoms with Crippen molar-refractivity contribution >= 4 is 21.6 Å². The van der Waals surface area contributed by atoms with Crippen LogP contribution in [0.4, 0.5) is 0 Å². The lowest BCUT2D eigenvalue weighted by Crippen LogP contribution is -2.43. The van der Waals surface area contributed by atoms with E-state index in [-0.39, 0.29) is 18.4 Å². The zero-order valence-corrected chi connectivity index (χ0v) is 19.3. The number of ether oxygens (including phenoxy) is 2. The van der Waals surface area contributed by atoms with Crippen LogP contribution in [-0.4, -0.2) is 78.0 Å². The molecule has 4 rings (SSSR count). The van der Waals surface area contributed by atoms with Crippen LogP contribution in [0.1, 0.15) is 12.8 Å². The van der Waals surface area contributed by atoms with E-state index in [1.807, 2.05) is 24.3 Å². The zero-order valence-electron chi connectivity index (χ0n) is 18.5. The zero-order chi connectivity index (χ0) is 23.4. The van der Waals surface area contributed by atoms with Gasteiger partial charge < -0.3 is 14.8 Å². The number of benzene rings is 1. The largest absolute Gasteiger partial charge is 0.497 e. The predicted octanol–water partition coefficient (Wildman–Crippen LogP) is 0.967. The SMILES string of the molecule is COc1cccc(-c2nnc3ccc(OCCNC(=O)C4CCN(S(C)(=O)=O)CC4)nn23)c1. The van der Waals surface area contributed by atoms with Crippen LogP contribution < -0.4 is 14.8 Å². The van der Waals surface area contributed by atoms with E-state index in [1.165, 1.54) is 10.6 Å². The first-order valence-corrected chi connectivity index (χ1v) is 12.4. The number of amides is 1. The number of hydrogen-bond acceptors (Lipinski definition) is 8. The van der Waals surface area contributed by atoms with Gasteiger partial charge in [-0.25, -0.2) is 12.7 Å². The molecule has 0 unspecified atom stereocenters. The average molecular weight is 475 g/mol. The molecule has 1 aliphatic rings. The third-order valence-corrected chi connectivity index (χ3v) is 6.81. The average Bonchev–Trinajstić information content (AvgIpc) is 3.24. The lowest BCUT2D eigenvalue weighted by molar-refractivity contribution is -0.126. The van der Waals surface area contributed by atoms with Gasteiger partial charge in [-0.05, 0) is 31.0 Å². The molecule has 11 nitrogen and oxygen atoms in total. The fraction of sp³-hybridized carbons (Fsp3) is 0.429. The minimum atomic E-state index is -3.20. The quantitative estimate of drug-likeness (QED) is 0.478. The maximum atomic E-state index is 12.4. The van der Waals surface area contributed by atoms with Crippen LogP contribution in [0.15, 0.2) is 36.4 Å². The summed E-state index contributed by atoms with van der Waals surface area (Å²) in [5.41, 5.74) is 1.38. The van der Waals surface area contributed by atoms with Crippen molar-refractivity contribution in [3.63, 3.8) is 0 Å². The number of nitrogens with one attached hydrogen (secondary N) is 1. The van der Waals surface area contributed by atoms with E-state index in [4.69, 9.17) is 9.47 Å². The lowest BCUT2D eigenvalue weighted by Gasteiger charge is -2.29.